The molecule has 0 amide bonds. The van der Waals surface area contributed by atoms with Crippen molar-refractivity contribution in [1.82, 2.24) is 0 Å². The molecule has 1 N–H and O–H groups in total. The van der Waals surface area contributed by atoms with E-state index in [4.69, 9.17) is 4.74 Å². The summed E-state index contributed by atoms with van der Waals surface area (Å²) < 4.78 is 18.7. The van der Waals surface area contributed by atoms with E-state index in [1.807, 2.05) is 6.07 Å². The third-order valence-electron chi connectivity index (χ3n) is 4.72. The zero-order chi connectivity index (χ0) is 15.3. The van der Waals surface area contributed by atoms with Gasteiger partial charge in [-0.15, -0.1) is 0 Å². The predicted molar refractivity (Wildman–Crippen MR) is 83.1 cm³/mol. The van der Waals surface area contributed by atoms with Crippen LogP contribution in [0.15, 0.2) is 18.2 Å². The van der Waals surface area contributed by atoms with E-state index in [0.717, 1.165) is 37.2 Å². The maximum absolute atomic E-state index is 13.8. The summed E-state index contributed by atoms with van der Waals surface area (Å²) in [5.41, 5.74) is 0.175. The molecule has 1 aliphatic rings. The van der Waals surface area contributed by atoms with Gasteiger partial charge in [0.2, 0.25) is 0 Å². The highest BCUT2D eigenvalue weighted by atomic mass is 19.1. The predicted octanol–water partition coefficient (Wildman–Crippen LogP) is 4.49. The second kappa shape index (κ2) is 7.26. The molecule has 0 saturated heterocycles. The van der Waals surface area contributed by atoms with E-state index in [1.165, 1.54) is 32.4 Å². The van der Waals surface area contributed by atoms with E-state index < -0.39 is 5.60 Å². The molecule has 1 aromatic rings. The van der Waals surface area contributed by atoms with Gasteiger partial charge < -0.3 is 9.84 Å². The molecule has 2 nitrogen and oxygen atoms in total. The molecule has 0 radical (unpaired) electrons. The number of hydrogen-bond acceptors (Lipinski definition) is 2. The van der Waals surface area contributed by atoms with Crippen molar-refractivity contribution in [3.63, 3.8) is 0 Å². The first-order valence-electron chi connectivity index (χ1n) is 8.11. The first kappa shape index (κ1) is 16.3. The van der Waals surface area contributed by atoms with E-state index in [2.05, 4.69) is 6.92 Å². The van der Waals surface area contributed by atoms with Gasteiger partial charge in [-0.05, 0) is 42.9 Å². The van der Waals surface area contributed by atoms with E-state index in [-0.39, 0.29) is 11.6 Å². The molecule has 2 atom stereocenters. The molecule has 0 heterocycles. The maximum Gasteiger partial charge on any atom is 0.165 e. The van der Waals surface area contributed by atoms with Crippen molar-refractivity contribution in [2.75, 3.05) is 7.11 Å². The summed E-state index contributed by atoms with van der Waals surface area (Å²) in [7, 11) is 1.46. The number of benzene rings is 1. The fraction of sp³-hybridized carbons (Fsp3) is 0.667. The Balaban J connectivity index is 2.02. The Morgan fingerprint density at radius 1 is 1.33 bits per heavy atom. The largest absolute Gasteiger partial charge is 0.494 e. The van der Waals surface area contributed by atoms with Gasteiger partial charge in [0, 0.05) is 6.42 Å². The molecule has 1 aliphatic carbocycles. The topological polar surface area (TPSA) is 29.5 Å². The zero-order valence-electron chi connectivity index (χ0n) is 13.2. The summed E-state index contributed by atoms with van der Waals surface area (Å²) >= 11 is 0. The highest BCUT2D eigenvalue weighted by Gasteiger charge is 2.31. The molecule has 2 rings (SSSR count). The number of ether oxygens (including phenoxy) is 1. The van der Waals surface area contributed by atoms with Gasteiger partial charge in [-0.25, -0.2) is 4.39 Å². The second-order valence-corrected chi connectivity index (χ2v) is 6.46. The van der Waals surface area contributed by atoms with Crippen molar-refractivity contribution in [2.45, 2.75) is 63.9 Å². The third kappa shape index (κ3) is 4.44. The van der Waals surface area contributed by atoms with E-state index in [0.29, 0.717) is 6.42 Å². The Kier molecular flexibility index (Phi) is 5.63. The summed E-state index contributed by atoms with van der Waals surface area (Å²) in [6.45, 7) is 2.22. The molecule has 1 aromatic carbocycles. The lowest BCUT2D eigenvalue weighted by Crippen LogP contribution is -2.30. The lowest BCUT2D eigenvalue weighted by Gasteiger charge is -2.27. The van der Waals surface area contributed by atoms with Gasteiger partial charge in [0.1, 0.15) is 0 Å². The van der Waals surface area contributed by atoms with Crippen molar-refractivity contribution in [3.8, 4) is 5.75 Å². The molecule has 0 aromatic heterocycles. The number of methoxy groups -OCH3 is 1. The van der Waals surface area contributed by atoms with Gasteiger partial charge in [-0.2, -0.15) is 0 Å². The van der Waals surface area contributed by atoms with Crippen molar-refractivity contribution in [2.24, 2.45) is 5.92 Å². The van der Waals surface area contributed by atoms with Crippen molar-refractivity contribution >= 4 is 0 Å². The monoisotopic (exact) mass is 294 g/mol. The second-order valence-electron chi connectivity index (χ2n) is 6.46. The van der Waals surface area contributed by atoms with Gasteiger partial charge in [0.25, 0.3) is 0 Å². The molecule has 21 heavy (non-hydrogen) atoms. The number of hydrogen-bond donors (Lipinski definition) is 1. The van der Waals surface area contributed by atoms with Crippen LogP contribution >= 0.6 is 0 Å². The van der Waals surface area contributed by atoms with Gasteiger partial charge >= 0.3 is 0 Å². The maximum atomic E-state index is 13.8. The highest BCUT2D eigenvalue weighted by molar-refractivity contribution is 5.30. The highest BCUT2D eigenvalue weighted by Crippen LogP contribution is 2.35. The Hall–Kier alpha value is -1.09. The van der Waals surface area contributed by atoms with Crippen LogP contribution in [-0.2, 0) is 6.42 Å². The summed E-state index contributed by atoms with van der Waals surface area (Å²) in [6.07, 6.45) is 8.02. The number of halogens is 1. The van der Waals surface area contributed by atoms with Crippen LogP contribution in [0.4, 0.5) is 4.39 Å². The lowest BCUT2D eigenvalue weighted by atomic mass is 9.86. The minimum Gasteiger partial charge on any atom is -0.494 e. The molecular formula is C18H27FO2. The minimum atomic E-state index is -0.677. The van der Waals surface area contributed by atoms with Crippen LogP contribution < -0.4 is 4.74 Å². The molecule has 1 saturated carbocycles. The average molecular weight is 294 g/mol. The molecule has 0 spiro atoms. The summed E-state index contributed by atoms with van der Waals surface area (Å²) in [6, 6.07) is 4.99. The zero-order valence-corrected chi connectivity index (χ0v) is 13.2. The van der Waals surface area contributed by atoms with Gasteiger partial charge in [0.05, 0.1) is 12.7 Å². The lowest BCUT2D eigenvalue weighted by molar-refractivity contribution is 0.0240. The quantitative estimate of drug-likeness (QED) is 0.811. The third-order valence-corrected chi connectivity index (χ3v) is 4.72. The van der Waals surface area contributed by atoms with Crippen molar-refractivity contribution in [3.05, 3.63) is 29.6 Å². The van der Waals surface area contributed by atoms with Gasteiger partial charge in [-0.1, -0.05) is 38.7 Å². The Bertz CT molecular complexity index is 461. The molecule has 3 heteroatoms. The SMILES string of the molecule is CCCC1CCCC(O)(Cc2ccc(OC)c(F)c2)CC1. The molecule has 1 fully saturated rings. The van der Waals surface area contributed by atoms with Crippen molar-refractivity contribution < 1.29 is 14.2 Å². The Morgan fingerprint density at radius 2 is 2.14 bits per heavy atom. The number of rotatable bonds is 5. The average Bonchev–Trinajstić information content (AvgIpc) is 2.62. The van der Waals surface area contributed by atoms with E-state index in [9.17, 15) is 9.50 Å². The molecular weight excluding hydrogens is 267 g/mol. The van der Waals surface area contributed by atoms with Gasteiger partial charge in [0.15, 0.2) is 11.6 Å². The molecule has 0 bridgehead atoms. The van der Waals surface area contributed by atoms with Gasteiger partial charge in [-0.3, -0.25) is 0 Å². The van der Waals surface area contributed by atoms with Crippen LogP contribution in [0.5, 0.6) is 5.75 Å². The Labute approximate surface area is 127 Å². The minimum absolute atomic E-state index is 0.259. The van der Waals surface area contributed by atoms with Crippen LogP contribution in [-0.4, -0.2) is 17.8 Å². The summed E-state index contributed by atoms with van der Waals surface area (Å²) in [5.74, 6) is 0.655. The normalized spacial score (nSPS) is 26.4. The number of aliphatic hydroxyl groups is 1. The van der Waals surface area contributed by atoms with Crippen LogP contribution in [0.2, 0.25) is 0 Å². The van der Waals surface area contributed by atoms with Crippen LogP contribution in [0.25, 0.3) is 0 Å². The molecule has 0 aliphatic heterocycles. The van der Waals surface area contributed by atoms with Crippen LogP contribution in [0.1, 0.15) is 57.4 Å². The van der Waals surface area contributed by atoms with E-state index in [1.54, 1.807) is 6.07 Å². The fourth-order valence-corrected chi connectivity index (χ4v) is 3.54. The summed E-state index contributed by atoms with van der Waals surface area (Å²) in [4.78, 5) is 0. The molecule has 2 unspecified atom stereocenters. The Morgan fingerprint density at radius 3 is 2.81 bits per heavy atom. The smallest absolute Gasteiger partial charge is 0.165 e. The van der Waals surface area contributed by atoms with Crippen LogP contribution in [0.3, 0.4) is 0 Å². The van der Waals surface area contributed by atoms with E-state index >= 15 is 0 Å². The first-order valence-corrected chi connectivity index (χ1v) is 8.11. The standard InChI is InChI=1S/C18H27FO2/c1-3-5-14-6-4-10-18(20,11-9-14)13-15-7-8-17(21-2)16(19)12-15/h7-8,12,14,20H,3-6,9-11,13H2,1-2H3. The fourth-order valence-electron chi connectivity index (χ4n) is 3.54. The first-order chi connectivity index (χ1) is 10.1. The van der Waals surface area contributed by atoms with Crippen LogP contribution in [0, 0.1) is 11.7 Å². The molecule has 118 valence electrons. The summed E-state index contributed by atoms with van der Waals surface area (Å²) in [5, 5.41) is 10.9. The van der Waals surface area contributed by atoms with Crippen molar-refractivity contribution in [1.29, 1.82) is 0 Å².